The Labute approximate surface area is 114 Å². The Kier molecular flexibility index (Phi) is 4.39. The lowest BCUT2D eigenvalue weighted by Crippen LogP contribution is -2.10. The molecule has 1 N–H and O–H groups in total. The molecular formula is C16H20N2O. The Morgan fingerprint density at radius 3 is 2.74 bits per heavy atom. The van der Waals surface area contributed by atoms with E-state index in [0.717, 1.165) is 5.69 Å². The molecule has 3 heteroatoms. The average Bonchev–Trinajstić information content (AvgIpc) is 2.41. The van der Waals surface area contributed by atoms with E-state index < -0.39 is 0 Å². The van der Waals surface area contributed by atoms with Gasteiger partial charge in [-0.15, -0.1) is 0 Å². The summed E-state index contributed by atoms with van der Waals surface area (Å²) in [7, 11) is 0. The van der Waals surface area contributed by atoms with E-state index in [-0.39, 0.29) is 6.04 Å². The highest BCUT2D eigenvalue weighted by Gasteiger charge is 2.11. The second-order valence-corrected chi connectivity index (χ2v) is 4.51. The van der Waals surface area contributed by atoms with Crippen LogP contribution in [0.15, 0.2) is 42.6 Å². The molecule has 0 spiro atoms. The van der Waals surface area contributed by atoms with Crippen LogP contribution in [0.1, 0.15) is 31.0 Å². The Morgan fingerprint density at radius 2 is 2.00 bits per heavy atom. The number of nitrogens with one attached hydrogen (secondary N) is 1. The van der Waals surface area contributed by atoms with Gasteiger partial charge in [-0.05, 0) is 44.0 Å². The van der Waals surface area contributed by atoms with Crippen molar-refractivity contribution >= 4 is 5.69 Å². The zero-order valence-corrected chi connectivity index (χ0v) is 11.7. The van der Waals surface area contributed by atoms with E-state index in [1.807, 2.05) is 19.1 Å². The molecular weight excluding hydrogens is 236 g/mol. The largest absolute Gasteiger partial charge is 0.476 e. The Bertz CT molecular complexity index is 540. The van der Waals surface area contributed by atoms with Crippen molar-refractivity contribution in [3.8, 4) is 5.88 Å². The third kappa shape index (κ3) is 3.25. The van der Waals surface area contributed by atoms with E-state index in [9.17, 15) is 0 Å². The maximum absolute atomic E-state index is 5.53. The van der Waals surface area contributed by atoms with Gasteiger partial charge in [0.05, 0.1) is 12.3 Å². The lowest BCUT2D eigenvalue weighted by Gasteiger charge is -2.19. The molecule has 0 radical (unpaired) electrons. The molecule has 2 rings (SSSR count). The van der Waals surface area contributed by atoms with E-state index in [1.165, 1.54) is 11.1 Å². The van der Waals surface area contributed by atoms with Gasteiger partial charge >= 0.3 is 0 Å². The molecule has 0 aliphatic heterocycles. The van der Waals surface area contributed by atoms with Crippen LogP contribution in [0, 0.1) is 6.92 Å². The van der Waals surface area contributed by atoms with Crippen LogP contribution in [0.25, 0.3) is 0 Å². The first-order chi connectivity index (χ1) is 9.22. The Balaban J connectivity index is 2.19. The summed E-state index contributed by atoms with van der Waals surface area (Å²) in [4.78, 5) is 4.25. The third-order valence-electron chi connectivity index (χ3n) is 3.08. The minimum atomic E-state index is 0.213. The van der Waals surface area contributed by atoms with Gasteiger partial charge in [0, 0.05) is 12.2 Å². The van der Waals surface area contributed by atoms with Gasteiger partial charge in [-0.1, -0.05) is 24.3 Å². The zero-order valence-electron chi connectivity index (χ0n) is 11.7. The van der Waals surface area contributed by atoms with Crippen LogP contribution in [0.2, 0.25) is 0 Å². The predicted molar refractivity (Wildman–Crippen MR) is 78.6 cm³/mol. The number of benzene rings is 1. The van der Waals surface area contributed by atoms with Crippen molar-refractivity contribution in [2.75, 3.05) is 11.9 Å². The van der Waals surface area contributed by atoms with E-state index in [0.29, 0.717) is 12.5 Å². The highest BCUT2D eigenvalue weighted by atomic mass is 16.5. The second-order valence-electron chi connectivity index (χ2n) is 4.51. The van der Waals surface area contributed by atoms with Crippen molar-refractivity contribution in [2.24, 2.45) is 0 Å². The van der Waals surface area contributed by atoms with Crippen molar-refractivity contribution in [1.82, 2.24) is 4.98 Å². The Hall–Kier alpha value is -2.03. The fourth-order valence-electron chi connectivity index (χ4n) is 2.14. The van der Waals surface area contributed by atoms with Crippen LogP contribution in [-0.2, 0) is 0 Å². The number of hydrogen-bond acceptors (Lipinski definition) is 3. The van der Waals surface area contributed by atoms with Crippen molar-refractivity contribution in [3.05, 3.63) is 53.7 Å². The third-order valence-corrected chi connectivity index (χ3v) is 3.08. The van der Waals surface area contributed by atoms with E-state index in [4.69, 9.17) is 4.74 Å². The minimum absolute atomic E-state index is 0.213. The summed E-state index contributed by atoms with van der Waals surface area (Å²) in [5.41, 5.74) is 3.50. The van der Waals surface area contributed by atoms with E-state index >= 15 is 0 Å². The number of ether oxygens (including phenoxy) is 1. The maximum atomic E-state index is 5.53. The van der Waals surface area contributed by atoms with Crippen LogP contribution in [0.5, 0.6) is 5.88 Å². The first-order valence-corrected chi connectivity index (χ1v) is 6.62. The molecule has 1 atom stereocenters. The summed E-state index contributed by atoms with van der Waals surface area (Å²) in [6, 6.07) is 12.5. The highest BCUT2D eigenvalue weighted by Crippen LogP contribution is 2.27. The van der Waals surface area contributed by atoms with E-state index in [2.05, 4.69) is 48.4 Å². The molecule has 100 valence electrons. The summed E-state index contributed by atoms with van der Waals surface area (Å²) in [6.45, 7) is 6.85. The van der Waals surface area contributed by atoms with Crippen molar-refractivity contribution < 1.29 is 4.74 Å². The van der Waals surface area contributed by atoms with Gasteiger partial charge in [-0.25, -0.2) is 4.98 Å². The van der Waals surface area contributed by atoms with Gasteiger partial charge in [0.15, 0.2) is 0 Å². The van der Waals surface area contributed by atoms with Gasteiger partial charge in [-0.3, -0.25) is 0 Å². The number of pyridine rings is 1. The van der Waals surface area contributed by atoms with Gasteiger partial charge in [0.25, 0.3) is 0 Å². The fraction of sp³-hybridized carbons (Fsp3) is 0.312. The standard InChI is InChI=1S/C16H20N2O/c1-4-19-16-15(10-7-11-17-16)18-13(3)14-9-6-5-8-12(14)2/h5-11,13,18H,4H2,1-3H3. The van der Waals surface area contributed by atoms with Gasteiger partial charge in [-0.2, -0.15) is 0 Å². The van der Waals surface area contributed by atoms with Crippen LogP contribution < -0.4 is 10.1 Å². The van der Waals surface area contributed by atoms with Gasteiger partial charge in [0.2, 0.25) is 5.88 Å². The summed E-state index contributed by atoms with van der Waals surface area (Å²) in [5.74, 6) is 0.658. The number of aryl methyl sites for hydroxylation is 1. The van der Waals surface area contributed by atoms with Gasteiger partial charge < -0.3 is 10.1 Å². The number of aromatic nitrogens is 1. The minimum Gasteiger partial charge on any atom is -0.476 e. The number of anilines is 1. The summed E-state index contributed by atoms with van der Waals surface area (Å²) in [5, 5.41) is 3.46. The number of rotatable bonds is 5. The molecule has 19 heavy (non-hydrogen) atoms. The molecule has 3 nitrogen and oxygen atoms in total. The highest BCUT2D eigenvalue weighted by molar-refractivity contribution is 5.53. The SMILES string of the molecule is CCOc1ncccc1NC(C)c1ccccc1C. The molecule has 0 saturated carbocycles. The molecule has 0 amide bonds. The van der Waals surface area contributed by atoms with Crippen LogP contribution in [0.3, 0.4) is 0 Å². The molecule has 0 saturated heterocycles. The molecule has 0 fully saturated rings. The van der Waals surface area contributed by atoms with Crippen LogP contribution in [-0.4, -0.2) is 11.6 Å². The number of hydrogen-bond donors (Lipinski definition) is 1. The monoisotopic (exact) mass is 256 g/mol. The molecule has 0 bridgehead atoms. The van der Waals surface area contributed by atoms with Crippen molar-refractivity contribution in [2.45, 2.75) is 26.8 Å². The topological polar surface area (TPSA) is 34.1 Å². The van der Waals surface area contributed by atoms with Crippen LogP contribution >= 0.6 is 0 Å². The summed E-state index contributed by atoms with van der Waals surface area (Å²) < 4.78 is 5.53. The second kappa shape index (κ2) is 6.23. The quantitative estimate of drug-likeness (QED) is 0.879. The lowest BCUT2D eigenvalue weighted by molar-refractivity contribution is 0.328. The van der Waals surface area contributed by atoms with Crippen molar-refractivity contribution in [3.63, 3.8) is 0 Å². The van der Waals surface area contributed by atoms with Gasteiger partial charge in [0.1, 0.15) is 0 Å². The summed E-state index contributed by atoms with van der Waals surface area (Å²) >= 11 is 0. The molecule has 1 heterocycles. The zero-order chi connectivity index (χ0) is 13.7. The Morgan fingerprint density at radius 1 is 1.21 bits per heavy atom. The average molecular weight is 256 g/mol. The molecule has 0 aliphatic rings. The summed E-state index contributed by atoms with van der Waals surface area (Å²) in [6.07, 6.45) is 1.74. The van der Waals surface area contributed by atoms with Crippen LogP contribution in [0.4, 0.5) is 5.69 Å². The fourth-order valence-corrected chi connectivity index (χ4v) is 2.14. The molecule has 1 unspecified atom stereocenters. The first kappa shape index (κ1) is 13.4. The predicted octanol–water partition coefficient (Wildman–Crippen LogP) is 3.96. The molecule has 0 aliphatic carbocycles. The molecule has 1 aromatic carbocycles. The lowest BCUT2D eigenvalue weighted by atomic mass is 10.0. The normalized spacial score (nSPS) is 11.9. The number of nitrogens with zero attached hydrogens (tertiary/aromatic N) is 1. The molecule has 2 aromatic rings. The van der Waals surface area contributed by atoms with Crippen molar-refractivity contribution in [1.29, 1.82) is 0 Å². The smallest absolute Gasteiger partial charge is 0.237 e. The first-order valence-electron chi connectivity index (χ1n) is 6.62. The maximum Gasteiger partial charge on any atom is 0.237 e. The van der Waals surface area contributed by atoms with E-state index in [1.54, 1.807) is 6.20 Å². The molecule has 1 aromatic heterocycles.